The average molecular weight is 394 g/mol. The molecule has 2 amide bonds. The fourth-order valence-electron chi connectivity index (χ4n) is 3.35. The highest BCUT2D eigenvalue weighted by molar-refractivity contribution is 6.08. The van der Waals surface area contributed by atoms with E-state index in [1.807, 2.05) is 12.1 Å². The minimum atomic E-state index is -0.295. The minimum absolute atomic E-state index is 0.0996. The van der Waals surface area contributed by atoms with E-state index in [9.17, 15) is 9.59 Å². The molecule has 0 bridgehead atoms. The molecule has 2 aliphatic heterocycles. The molecule has 0 aromatic heterocycles. The third kappa shape index (κ3) is 4.82. The summed E-state index contributed by atoms with van der Waals surface area (Å²) >= 11 is 0. The number of carbonyl (C=O) groups excluding carboxylic acids is 2. The number of rotatable bonds is 5. The summed E-state index contributed by atoms with van der Waals surface area (Å²) in [6.45, 7) is 5.07. The van der Waals surface area contributed by atoms with Crippen LogP contribution in [0.4, 0.5) is 5.69 Å². The van der Waals surface area contributed by atoms with E-state index in [4.69, 9.17) is 9.47 Å². The third-order valence-corrected chi connectivity index (χ3v) is 5.01. The first-order valence-corrected chi connectivity index (χ1v) is 9.78. The predicted octanol–water partition coefficient (Wildman–Crippen LogP) is 0.704. The zero-order valence-electron chi connectivity index (χ0n) is 16.1. The Kier molecular flexibility index (Phi) is 5.88. The van der Waals surface area contributed by atoms with Gasteiger partial charge in [-0.3, -0.25) is 9.59 Å². The number of para-hydroxylation sites is 2. The Hall–Kier alpha value is -3.16. The lowest BCUT2D eigenvalue weighted by Gasteiger charge is -2.23. The maximum atomic E-state index is 12.3. The summed E-state index contributed by atoms with van der Waals surface area (Å²) in [6.07, 6.45) is 1.66. The molecule has 29 heavy (non-hydrogen) atoms. The van der Waals surface area contributed by atoms with Crippen LogP contribution < -0.4 is 20.3 Å². The molecule has 3 N–H and O–H groups in total. The second-order valence-electron chi connectivity index (χ2n) is 7.05. The van der Waals surface area contributed by atoms with Gasteiger partial charge in [-0.2, -0.15) is 0 Å². The lowest BCUT2D eigenvalue weighted by atomic mass is 10.1. The maximum absolute atomic E-state index is 12.3. The number of morpholine rings is 1. The molecular formula is C22H24N3O4+. The fourth-order valence-corrected chi connectivity index (χ4v) is 3.35. The van der Waals surface area contributed by atoms with Crippen LogP contribution in [0.5, 0.6) is 5.75 Å². The van der Waals surface area contributed by atoms with Crippen molar-refractivity contribution in [2.75, 3.05) is 44.7 Å². The molecule has 0 aliphatic carbocycles. The summed E-state index contributed by atoms with van der Waals surface area (Å²) in [4.78, 5) is 26.0. The number of ether oxygens (including phenoxy) is 2. The number of anilines is 1. The first kappa shape index (κ1) is 19.2. The van der Waals surface area contributed by atoms with Crippen LogP contribution in [0.25, 0.3) is 6.08 Å². The lowest BCUT2D eigenvalue weighted by molar-refractivity contribution is -0.906. The Morgan fingerprint density at radius 2 is 1.86 bits per heavy atom. The summed E-state index contributed by atoms with van der Waals surface area (Å²) in [5.74, 6) is 0.430. The first-order valence-electron chi connectivity index (χ1n) is 9.78. The van der Waals surface area contributed by atoms with Gasteiger partial charge < -0.3 is 25.0 Å². The normalized spacial score (nSPS) is 17.9. The molecule has 0 spiro atoms. The number of amides is 2. The smallest absolute Gasteiger partial charge is 0.291 e. The van der Waals surface area contributed by atoms with Crippen molar-refractivity contribution in [3.05, 3.63) is 65.4 Å². The van der Waals surface area contributed by atoms with Gasteiger partial charge in [0.05, 0.1) is 32.0 Å². The summed E-state index contributed by atoms with van der Waals surface area (Å²) in [7, 11) is 0. The molecule has 0 unspecified atom stereocenters. The van der Waals surface area contributed by atoms with Crippen LogP contribution in [0.2, 0.25) is 0 Å². The van der Waals surface area contributed by atoms with Gasteiger partial charge >= 0.3 is 0 Å². The molecule has 7 nitrogen and oxygen atoms in total. The van der Waals surface area contributed by atoms with Crippen molar-refractivity contribution in [2.24, 2.45) is 0 Å². The molecule has 0 atom stereocenters. The van der Waals surface area contributed by atoms with Crippen LogP contribution in [0.1, 0.15) is 15.9 Å². The highest BCUT2D eigenvalue weighted by Gasteiger charge is 2.21. The lowest BCUT2D eigenvalue weighted by Crippen LogP contribution is -3.14. The quantitative estimate of drug-likeness (QED) is 0.653. The second-order valence-corrected chi connectivity index (χ2v) is 7.05. The molecule has 0 radical (unpaired) electrons. The number of quaternary nitrogens is 1. The van der Waals surface area contributed by atoms with Crippen molar-refractivity contribution in [2.45, 2.75) is 0 Å². The SMILES string of the molecule is O=C1Nc2ccccc2OC1=Cc1ccc(C(=O)NCC[NH+]2CCOCC2)cc1. The largest absolute Gasteiger partial charge is 0.449 e. The number of hydrogen-bond acceptors (Lipinski definition) is 4. The van der Waals surface area contributed by atoms with E-state index in [1.54, 1.807) is 42.5 Å². The summed E-state index contributed by atoms with van der Waals surface area (Å²) in [6, 6.07) is 14.4. The van der Waals surface area contributed by atoms with Gasteiger partial charge in [0.15, 0.2) is 11.5 Å². The molecule has 2 aromatic rings. The van der Waals surface area contributed by atoms with Crippen LogP contribution in [-0.4, -0.2) is 51.2 Å². The Bertz CT molecular complexity index is 918. The van der Waals surface area contributed by atoms with Gasteiger partial charge in [0.2, 0.25) is 0 Å². The van der Waals surface area contributed by atoms with Crippen molar-refractivity contribution >= 4 is 23.6 Å². The molecule has 1 fully saturated rings. The highest BCUT2D eigenvalue weighted by atomic mass is 16.5. The van der Waals surface area contributed by atoms with Crippen LogP contribution in [0.3, 0.4) is 0 Å². The van der Waals surface area contributed by atoms with E-state index >= 15 is 0 Å². The Balaban J connectivity index is 1.34. The Morgan fingerprint density at radius 3 is 2.66 bits per heavy atom. The Morgan fingerprint density at radius 1 is 1.10 bits per heavy atom. The van der Waals surface area contributed by atoms with Crippen molar-refractivity contribution in [3.8, 4) is 5.75 Å². The van der Waals surface area contributed by atoms with E-state index in [0.717, 1.165) is 38.4 Å². The van der Waals surface area contributed by atoms with Crippen LogP contribution in [-0.2, 0) is 9.53 Å². The topological polar surface area (TPSA) is 81.1 Å². The van der Waals surface area contributed by atoms with E-state index in [0.29, 0.717) is 23.5 Å². The molecule has 2 heterocycles. The number of hydrogen-bond donors (Lipinski definition) is 3. The van der Waals surface area contributed by atoms with Gasteiger partial charge in [0, 0.05) is 5.56 Å². The number of fused-ring (bicyclic) bond motifs is 1. The standard InChI is InChI=1S/C22H23N3O4/c26-21(23-9-10-25-11-13-28-14-12-25)17-7-5-16(6-8-17)15-20-22(27)24-18-3-1-2-4-19(18)29-20/h1-8,15H,9-14H2,(H,23,26)(H,24,27)/p+1. The fraction of sp³-hybridized carbons (Fsp3) is 0.273. The summed E-state index contributed by atoms with van der Waals surface area (Å²) in [5.41, 5.74) is 2.02. The maximum Gasteiger partial charge on any atom is 0.291 e. The van der Waals surface area contributed by atoms with Gasteiger partial charge in [-0.1, -0.05) is 24.3 Å². The predicted molar refractivity (Wildman–Crippen MR) is 109 cm³/mol. The molecule has 7 heteroatoms. The van der Waals surface area contributed by atoms with Crippen LogP contribution in [0, 0.1) is 0 Å². The molecule has 0 saturated carbocycles. The van der Waals surface area contributed by atoms with Crippen LogP contribution >= 0.6 is 0 Å². The number of nitrogens with one attached hydrogen (secondary N) is 3. The van der Waals surface area contributed by atoms with E-state index in [-0.39, 0.29) is 17.6 Å². The zero-order valence-corrected chi connectivity index (χ0v) is 16.1. The van der Waals surface area contributed by atoms with Gasteiger partial charge in [-0.25, -0.2) is 0 Å². The van der Waals surface area contributed by atoms with Crippen molar-refractivity contribution in [1.82, 2.24) is 5.32 Å². The number of carbonyl (C=O) groups is 2. The third-order valence-electron chi connectivity index (χ3n) is 5.01. The van der Waals surface area contributed by atoms with Crippen molar-refractivity contribution in [1.29, 1.82) is 0 Å². The van der Waals surface area contributed by atoms with E-state index in [2.05, 4.69) is 10.6 Å². The average Bonchev–Trinajstić information content (AvgIpc) is 2.75. The van der Waals surface area contributed by atoms with Crippen molar-refractivity contribution < 1.29 is 24.0 Å². The van der Waals surface area contributed by atoms with Crippen molar-refractivity contribution in [3.63, 3.8) is 0 Å². The van der Waals surface area contributed by atoms with Gasteiger partial charge in [-0.15, -0.1) is 0 Å². The van der Waals surface area contributed by atoms with E-state index in [1.165, 1.54) is 4.90 Å². The molecule has 4 rings (SSSR count). The molecule has 2 aromatic carbocycles. The molecule has 1 saturated heterocycles. The minimum Gasteiger partial charge on any atom is -0.449 e. The Labute approximate surface area is 169 Å². The summed E-state index contributed by atoms with van der Waals surface area (Å²) < 4.78 is 11.0. The van der Waals surface area contributed by atoms with Gasteiger partial charge in [0.1, 0.15) is 13.1 Å². The molecule has 150 valence electrons. The van der Waals surface area contributed by atoms with Gasteiger partial charge in [-0.05, 0) is 35.9 Å². The molecular weight excluding hydrogens is 370 g/mol. The number of benzene rings is 2. The molecule has 2 aliphatic rings. The zero-order chi connectivity index (χ0) is 20.1. The monoisotopic (exact) mass is 394 g/mol. The highest BCUT2D eigenvalue weighted by Crippen LogP contribution is 2.30. The van der Waals surface area contributed by atoms with Crippen LogP contribution in [0.15, 0.2) is 54.3 Å². The van der Waals surface area contributed by atoms with E-state index < -0.39 is 0 Å². The summed E-state index contributed by atoms with van der Waals surface area (Å²) in [5, 5.41) is 5.76. The second kappa shape index (κ2) is 8.89. The van der Waals surface area contributed by atoms with Gasteiger partial charge in [0.25, 0.3) is 11.8 Å². The first-order chi connectivity index (χ1) is 14.2.